The molecule has 1 amide bonds. The van der Waals surface area contributed by atoms with Gasteiger partial charge < -0.3 is 10.2 Å². The van der Waals surface area contributed by atoms with E-state index in [9.17, 15) is 9.59 Å². The maximum atomic E-state index is 12.9. The van der Waals surface area contributed by atoms with E-state index in [2.05, 4.69) is 51.4 Å². The Morgan fingerprint density at radius 1 is 1.03 bits per heavy atom. The molecule has 0 saturated carbocycles. The molecule has 0 unspecified atom stereocenters. The Labute approximate surface area is 192 Å². The third kappa shape index (κ3) is 5.34. The standard InChI is InChI=1S/C25H26N4O2S/c1-17-5-11-22(12-6-17)32-25-23(26-13-14-27-25)29-15-3-4-20(16-29)24(31)28-21-9-7-19(8-10-21)18(2)30/h5-14,20H,3-4,15-16H2,1-2H3,(H,28,31)/t20-/m0/s1. The van der Waals surface area contributed by atoms with Crippen molar-refractivity contribution in [1.29, 1.82) is 0 Å². The second-order valence-electron chi connectivity index (χ2n) is 8.01. The summed E-state index contributed by atoms with van der Waals surface area (Å²) in [5.41, 5.74) is 2.55. The number of aromatic nitrogens is 2. The first-order valence-corrected chi connectivity index (χ1v) is 11.5. The van der Waals surface area contributed by atoms with Crippen LogP contribution in [-0.4, -0.2) is 34.7 Å². The third-order valence-corrected chi connectivity index (χ3v) is 6.52. The second kappa shape index (κ2) is 9.96. The summed E-state index contributed by atoms with van der Waals surface area (Å²) in [5, 5.41) is 3.84. The van der Waals surface area contributed by atoms with Crippen molar-refractivity contribution in [2.45, 2.75) is 36.6 Å². The lowest BCUT2D eigenvalue weighted by Gasteiger charge is -2.33. The quantitative estimate of drug-likeness (QED) is 0.538. The topological polar surface area (TPSA) is 75.2 Å². The van der Waals surface area contributed by atoms with Crippen LogP contribution in [0.3, 0.4) is 0 Å². The number of nitrogens with one attached hydrogen (secondary N) is 1. The maximum absolute atomic E-state index is 12.9. The van der Waals surface area contributed by atoms with Crippen LogP contribution in [0, 0.1) is 12.8 Å². The first-order chi connectivity index (χ1) is 15.5. The molecule has 1 aromatic heterocycles. The number of aryl methyl sites for hydroxylation is 1. The van der Waals surface area contributed by atoms with E-state index in [1.807, 2.05) is 0 Å². The third-order valence-electron chi connectivity index (χ3n) is 5.53. The first-order valence-electron chi connectivity index (χ1n) is 10.7. The number of Topliss-reactive ketones (excluding diaryl/α,β-unsaturated/α-hetero) is 1. The van der Waals surface area contributed by atoms with Crippen LogP contribution < -0.4 is 10.2 Å². The van der Waals surface area contributed by atoms with Crippen LogP contribution in [0.25, 0.3) is 0 Å². The van der Waals surface area contributed by atoms with Crippen LogP contribution in [0.4, 0.5) is 11.5 Å². The van der Waals surface area contributed by atoms with Crippen LogP contribution >= 0.6 is 11.8 Å². The highest BCUT2D eigenvalue weighted by molar-refractivity contribution is 7.99. The minimum absolute atomic E-state index is 0.00841. The van der Waals surface area contributed by atoms with E-state index < -0.39 is 0 Å². The number of nitrogens with zero attached hydrogens (tertiary/aromatic N) is 3. The van der Waals surface area contributed by atoms with E-state index in [0.717, 1.165) is 35.1 Å². The summed E-state index contributed by atoms with van der Waals surface area (Å²) < 4.78 is 0. The number of carbonyl (C=O) groups is 2. The average molecular weight is 447 g/mol. The minimum Gasteiger partial charge on any atom is -0.354 e. The molecule has 4 rings (SSSR count). The molecule has 1 saturated heterocycles. The lowest BCUT2D eigenvalue weighted by molar-refractivity contribution is -0.120. The minimum atomic E-state index is -0.143. The van der Waals surface area contributed by atoms with Gasteiger partial charge in [-0.25, -0.2) is 9.97 Å². The zero-order valence-corrected chi connectivity index (χ0v) is 19.1. The maximum Gasteiger partial charge on any atom is 0.229 e. The Morgan fingerprint density at radius 3 is 2.47 bits per heavy atom. The second-order valence-corrected chi connectivity index (χ2v) is 9.07. The van der Waals surface area contributed by atoms with Crippen molar-refractivity contribution < 1.29 is 9.59 Å². The number of anilines is 2. The highest BCUT2D eigenvalue weighted by atomic mass is 32.2. The van der Waals surface area contributed by atoms with Gasteiger partial charge in [-0.2, -0.15) is 0 Å². The van der Waals surface area contributed by atoms with Crippen molar-refractivity contribution >= 4 is 35.0 Å². The SMILES string of the molecule is CC(=O)c1ccc(NC(=O)[C@H]2CCCN(c3nccnc3Sc3ccc(C)cc3)C2)cc1. The van der Waals surface area contributed by atoms with E-state index in [0.29, 0.717) is 17.8 Å². The van der Waals surface area contributed by atoms with Gasteiger partial charge in [0.15, 0.2) is 11.6 Å². The molecule has 2 aromatic carbocycles. The van der Waals surface area contributed by atoms with Gasteiger partial charge in [-0.15, -0.1) is 0 Å². The van der Waals surface area contributed by atoms with Crippen LogP contribution in [-0.2, 0) is 4.79 Å². The Kier molecular flexibility index (Phi) is 6.85. The van der Waals surface area contributed by atoms with Crippen molar-refractivity contribution in [1.82, 2.24) is 9.97 Å². The number of piperidine rings is 1. The van der Waals surface area contributed by atoms with Crippen LogP contribution in [0.15, 0.2) is 70.8 Å². The van der Waals surface area contributed by atoms with Gasteiger partial charge in [0.2, 0.25) is 5.91 Å². The molecule has 7 heteroatoms. The van der Waals surface area contributed by atoms with E-state index >= 15 is 0 Å². The van der Waals surface area contributed by atoms with E-state index in [-0.39, 0.29) is 17.6 Å². The molecule has 0 radical (unpaired) electrons. The summed E-state index contributed by atoms with van der Waals surface area (Å²) in [6, 6.07) is 15.4. The van der Waals surface area contributed by atoms with Crippen molar-refractivity contribution in [2.24, 2.45) is 5.92 Å². The zero-order valence-electron chi connectivity index (χ0n) is 18.2. The van der Waals surface area contributed by atoms with Gasteiger partial charge in [0.25, 0.3) is 0 Å². The molecule has 1 aliphatic heterocycles. The van der Waals surface area contributed by atoms with Crippen LogP contribution in [0.5, 0.6) is 0 Å². The van der Waals surface area contributed by atoms with Gasteiger partial charge in [0, 0.05) is 41.6 Å². The van der Waals surface area contributed by atoms with Crippen LogP contribution in [0.1, 0.15) is 35.7 Å². The average Bonchev–Trinajstić information content (AvgIpc) is 2.81. The molecule has 164 valence electrons. The summed E-state index contributed by atoms with van der Waals surface area (Å²) >= 11 is 1.59. The summed E-state index contributed by atoms with van der Waals surface area (Å²) in [7, 11) is 0. The van der Waals surface area contributed by atoms with Crippen molar-refractivity contribution in [3.8, 4) is 0 Å². The molecule has 32 heavy (non-hydrogen) atoms. The largest absolute Gasteiger partial charge is 0.354 e. The lowest BCUT2D eigenvalue weighted by atomic mass is 9.97. The van der Waals surface area contributed by atoms with Crippen molar-refractivity contribution in [3.05, 3.63) is 72.1 Å². The number of hydrogen-bond donors (Lipinski definition) is 1. The highest BCUT2D eigenvalue weighted by Gasteiger charge is 2.28. The zero-order chi connectivity index (χ0) is 22.5. The Hall–Kier alpha value is -3.19. The molecule has 1 fully saturated rings. The van der Waals surface area contributed by atoms with Crippen LogP contribution in [0.2, 0.25) is 0 Å². The summed E-state index contributed by atoms with van der Waals surface area (Å²) in [4.78, 5) is 36.8. The van der Waals surface area contributed by atoms with Gasteiger partial charge in [0.1, 0.15) is 5.03 Å². The van der Waals surface area contributed by atoms with Gasteiger partial charge >= 0.3 is 0 Å². The molecule has 1 atom stereocenters. The van der Waals surface area contributed by atoms with Gasteiger partial charge in [0.05, 0.1) is 5.92 Å². The normalized spacial score (nSPS) is 15.9. The molecule has 0 aliphatic carbocycles. The number of hydrogen-bond acceptors (Lipinski definition) is 6. The molecule has 0 bridgehead atoms. The molecule has 2 heterocycles. The summed E-state index contributed by atoms with van der Waals surface area (Å²) in [6.07, 6.45) is 5.15. The molecule has 6 nitrogen and oxygen atoms in total. The van der Waals surface area contributed by atoms with Gasteiger partial charge in [-0.3, -0.25) is 9.59 Å². The Morgan fingerprint density at radius 2 is 1.75 bits per heavy atom. The fourth-order valence-corrected chi connectivity index (χ4v) is 4.62. The fraction of sp³-hybridized carbons (Fsp3) is 0.280. The first kappa shape index (κ1) is 22.0. The molecule has 3 aromatic rings. The molecule has 1 aliphatic rings. The summed E-state index contributed by atoms with van der Waals surface area (Å²) in [5.74, 6) is 0.674. The monoisotopic (exact) mass is 446 g/mol. The number of rotatable bonds is 6. The number of carbonyl (C=O) groups excluding carboxylic acids is 2. The number of ketones is 1. The predicted octanol–water partition coefficient (Wildman–Crippen LogP) is 4.99. The van der Waals surface area contributed by atoms with E-state index in [1.165, 1.54) is 12.5 Å². The Bertz CT molecular complexity index is 1100. The predicted molar refractivity (Wildman–Crippen MR) is 127 cm³/mol. The molecular weight excluding hydrogens is 420 g/mol. The summed E-state index contributed by atoms with van der Waals surface area (Å²) in [6.45, 7) is 5.04. The highest BCUT2D eigenvalue weighted by Crippen LogP contribution is 2.34. The van der Waals surface area contributed by atoms with E-state index in [1.54, 1.807) is 48.4 Å². The molecule has 0 spiro atoms. The number of amides is 1. The lowest BCUT2D eigenvalue weighted by Crippen LogP contribution is -2.41. The fourth-order valence-electron chi connectivity index (χ4n) is 3.74. The number of benzene rings is 2. The van der Waals surface area contributed by atoms with Gasteiger partial charge in [-0.1, -0.05) is 29.5 Å². The Balaban J connectivity index is 1.45. The molecular formula is C25H26N4O2S. The van der Waals surface area contributed by atoms with Gasteiger partial charge in [-0.05, 0) is 63.1 Å². The van der Waals surface area contributed by atoms with Crippen molar-refractivity contribution in [2.75, 3.05) is 23.3 Å². The molecule has 1 N–H and O–H groups in total. The van der Waals surface area contributed by atoms with E-state index in [4.69, 9.17) is 0 Å². The van der Waals surface area contributed by atoms with Crippen molar-refractivity contribution in [3.63, 3.8) is 0 Å². The smallest absolute Gasteiger partial charge is 0.229 e.